The fourth-order valence-electron chi connectivity index (χ4n) is 1.03. The van der Waals surface area contributed by atoms with Crippen molar-refractivity contribution in [3.8, 4) is 0 Å². The van der Waals surface area contributed by atoms with E-state index in [1.807, 2.05) is 0 Å². The van der Waals surface area contributed by atoms with Crippen LogP contribution in [0.2, 0.25) is 10.0 Å². The van der Waals surface area contributed by atoms with E-state index in [-0.39, 0.29) is 0 Å². The molecule has 0 aliphatic heterocycles. The molecular formula is C8H6Cl2N4. The van der Waals surface area contributed by atoms with Gasteiger partial charge in [-0.15, -0.1) is 0 Å². The zero-order chi connectivity index (χ0) is 9.97. The number of aromatic nitrogens is 3. The smallest absolute Gasteiger partial charge is 0.222 e. The lowest BCUT2D eigenvalue weighted by molar-refractivity contribution is 1.09. The van der Waals surface area contributed by atoms with Crippen LogP contribution in [0.4, 0.5) is 11.6 Å². The molecule has 0 saturated heterocycles. The summed E-state index contributed by atoms with van der Waals surface area (Å²) in [6.07, 6.45) is 1.41. The van der Waals surface area contributed by atoms with Crippen molar-refractivity contribution in [3.63, 3.8) is 0 Å². The summed E-state index contributed by atoms with van der Waals surface area (Å²) in [5.41, 5.74) is 0.763. The van der Waals surface area contributed by atoms with E-state index in [1.54, 1.807) is 18.2 Å². The fraction of sp³-hybridized carbons (Fsp3) is 0. The third-order valence-corrected chi connectivity index (χ3v) is 1.98. The molecule has 4 nitrogen and oxygen atoms in total. The highest BCUT2D eigenvalue weighted by Crippen LogP contribution is 2.23. The Hall–Kier alpha value is -1.26. The first-order valence-electron chi connectivity index (χ1n) is 3.82. The average molecular weight is 229 g/mol. The zero-order valence-electron chi connectivity index (χ0n) is 6.96. The van der Waals surface area contributed by atoms with Gasteiger partial charge in [-0.2, -0.15) is 10.1 Å². The van der Waals surface area contributed by atoms with Gasteiger partial charge in [-0.25, -0.2) is 5.10 Å². The topological polar surface area (TPSA) is 53.6 Å². The van der Waals surface area contributed by atoms with Crippen LogP contribution >= 0.6 is 23.2 Å². The highest BCUT2D eigenvalue weighted by atomic mass is 35.5. The van der Waals surface area contributed by atoms with E-state index in [1.165, 1.54) is 6.33 Å². The summed E-state index contributed by atoms with van der Waals surface area (Å²) in [5.74, 6) is 0.545. The molecular weight excluding hydrogens is 223 g/mol. The number of nitrogens with one attached hydrogen (secondary N) is 2. The molecule has 2 rings (SSSR count). The minimum absolute atomic E-state index is 0.545. The number of hydrogen-bond acceptors (Lipinski definition) is 3. The Bertz CT molecular complexity index is 407. The molecule has 6 heteroatoms. The van der Waals surface area contributed by atoms with Crippen molar-refractivity contribution in [1.82, 2.24) is 15.2 Å². The summed E-state index contributed by atoms with van der Waals surface area (Å²) in [6, 6.07) is 5.15. The maximum Gasteiger partial charge on any atom is 0.222 e. The van der Waals surface area contributed by atoms with Crippen LogP contribution in [-0.4, -0.2) is 15.2 Å². The van der Waals surface area contributed by atoms with Crippen molar-refractivity contribution in [3.05, 3.63) is 34.6 Å². The summed E-state index contributed by atoms with van der Waals surface area (Å²) in [4.78, 5) is 3.91. The highest BCUT2D eigenvalue weighted by Gasteiger charge is 1.99. The van der Waals surface area contributed by atoms with Crippen molar-refractivity contribution in [1.29, 1.82) is 0 Å². The van der Waals surface area contributed by atoms with E-state index in [4.69, 9.17) is 23.2 Å². The summed E-state index contributed by atoms with van der Waals surface area (Å²) >= 11 is 11.6. The molecule has 0 amide bonds. The van der Waals surface area contributed by atoms with Gasteiger partial charge in [0.2, 0.25) is 5.95 Å². The molecule has 1 aromatic carbocycles. The van der Waals surface area contributed by atoms with Gasteiger partial charge in [0.25, 0.3) is 0 Å². The van der Waals surface area contributed by atoms with Crippen LogP contribution in [0.15, 0.2) is 24.5 Å². The minimum Gasteiger partial charge on any atom is -0.324 e. The lowest BCUT2D eigenvalue weighted by atomic mass is 10.3. The Morgan fingerprint density at radius 1 is 1.14 bits per heavy atom. The highest BCUT2D eigenvalue weighted by molar-refractivity contribution is 6.35. The molecule has 0 spiro atoms. The second-order valence-electron chi connectivity index (χ2n) is 2.62. The van der Waals surface area contributed by atoms with E-state index >= 15 is 0 Å². The van der Waals surface area contributed by atoms with E-state index in [9.17, 15) is 0 Å². The third-order valence-electron chi connectivity index (χ3n) is 1.54. The Morgan fingerprint density at radius 2 is 1.86 bits per heavy atom. The van der Waals surface area contributed by atoms with E-state index in [0.29, 0.717) is 16.0 Å². The summed E-state index contributed by atoms with van der Waals surface area (Å²) in [7, 11) is 0. The van der Waals surface area contributed by atoms with Crippen molar-refractivity contribution in [2.75, 3.05) is 5.32 Å². The van der Waals surface area contributed by atoms with Crippen molar-refractivity contribution in [2.45, 2.75) is 0 Å². The van der Waals surface area contributed by atoms with Gasteiger partial charge in [-0.05, 0) is 18.2 Å². The quantitative estimate of drug-likeness (QED) is 0.832. The van der Waals surface area contributed by atoms with Crippen molar-refractivity contribution in [2.24, 2.45) is 0 Å². The Morgan fingerprint density at radius 3 is 2.43 bits per heavy atom. The number of hydrogen-bond donors (Lipinski definition) is 2. The predicted octanol–water partition coefficient (Wildman–Crippen LogP) is 2.86. The molecule has 0 saturated carbocycles. The Kier molecular flexibility index (Phi) is 2.56. The second kappa shape index (κ2) is 3.86. The molecule has 0 aliphatic carbocycles. The first-order chi connectivity index (χ1) is 6.74. The Labute approximate surface area is 90.3 Å². The summed E-state index contributed by atoms with van der Waals surface area (Å²) < 4.78 is 0. The molecule has 2 aromatic rings. The molecule has 0 atom stereocenters. The minimum atomic E-state index is 0.545. The number of nitrogens with zero attached hydrogens (tertiary/aromatic N) is 2. The number of aromatic amines is 1. The molecule has 0 aliphatic rings. The number of H-pyrrole nitrogens is 1. The molecule has 0 radical (unpaired) electrons. The lowest BCUT2D eigenvalue weighted by Crippen LogP contribution is -1.92. The molecule has 0 fully saturated rings. The van der Waals surface area contributed by atoms with Crippen LogP contribution in [-0.2, 0) is 0 Å². The van der Waals surface area contributed by atoms with Gasteiger partial charge in [0.15, 0.2) is 0 Å². The summed E-state index contributed by atoms with van der Waals surface area (Å²) in [6.45, 7) is 0. The number of rotatable bonds is 2. The second-order valence-corrected chi connectivity index (χ2v) is 3.49. The maximum absolute atomic E-state index is 5.82. The molecule has 72 valence electrons. The normalized spacial score (nSPS) is 10.1. The predicted molar refractivity (Wildman–Crippen MR) is 56.1 cm³/mol. The van der Waals surface area contributed by atoms with E-state index in [2.05, 4.69) is 20.5 Å². The van der Waals surface area contributed by atoms with Crippen LogP contribution < -0.4 is 5.32 Å². The lowest BCUT2D eigenvalue weighted by Gasteiger charge is -2.03. The summed E-state index contributed by atoms with van der Waals surface area (Å²) in [5, 5.41) is 10.5. The van der Waals surface area contributed by atoms with Gasteiger partial charge in [0.05, 0.1) is 0 Å². The number of halogens is 2. The van der Waals surface area contributed by atoms with Crippen LogP contribution in [0.25, 0.3) is 0 Å². The molecule has 1 heterocycles. The third kappa shape index (κ3) is 2.16. The van der Waals surface area contributed by atoms with Gasteiger partial charge in [0.1, 0.15) is 6.33 Å². The maximum atomic E-state index is 5.82. The molecule has 1 aromatic heterocycles. The number of benzene rings is 1. The van der Waals surface area contributed by atoms with Crippen LogP contribution in [0.1, 0.15) is 0 Å². The van der Waals surface area contributed by atoms with Gasteiger partial charge in [-0.3, -0.25) is 0 Å². The van der Waals surface area contributed by atoms with E-state index in [0.717, 1.165) is 5.69 Å². The molecule has 2 N–H and O–H groups in total. The SMILES string of the molecule is Clc1cc(Cl)cc(Nc2ncn[nH]2)c1. The van der Waals surface area contributed by atoms with Gasteiger partial charge >= 0.3 is 0 Å². The van der Waals surface area contributed by atoms with Crippen molar-refractivity contribution >= 4 is 34.8 Å². The van der Waals surface area contributed by atoms with Crippen LogP contribution in [0, 0.1) is 0 Å². The monoisotopic (exact) mass is 228 g/mol. The average Bonchev–Trinajstić information content (AvgIpc) is 2.54. The molecule has 0 bridgehead atoms. The van der Waals surface area contributed by atoms with Crippen LogP contribution in [0.5, 0.6) is 0 Å². The van der Waals surface area contributed by atoms with Crippen LogP contribution in [0.3, 0.4) is 0 Å². The first kappa shape index (κ1) is 9.30. The van der Waals surface area contributed by atoms with Gasteiger partial charge in [-0.1, -0.05) is 23.2 Å². The van der Waals surface area contributed by atoms with Crippen molar-refractivity contribution < 1.29 is 0 Å². The first-order valence-corrected chi connectivity index (χ1v) is 4.58. The largest absolute Gasteiger partial charge is 0.324 e. The van der Waals surface area contributed by atoms with Gasteiger partial charge < -0.3 is 5.32 Å². The zero-order valence-corrected chi connectivity index (χ0v) is 8.47. The van der Waals surface area contributed by atoms with E-state index < -0.39 is 0 Å². The fourth-order valence-corrected chi connectivity index (χ4v) is 1.55. The van der Waals surface area contributed by atoms with Gasteiger partial charge in [0, 0.05) is 15.7 Å². The molecule has 0 unspecified atom stereocenters. The Balaban J connectivity index is 2.25. The number of anilines is 2. The standard InChI is InChI=1S/C8H6Cl2N4/c9-5-1-6(10)3-7(2-5)13-8-11-4-12-14-8/h1-4H,(H2,11,12,13,14). The molecule has 14 heavy (non-hydrogen) atoms.